The predicted molar refractivity (Wildman–Crippen MR) is 140 cm³/mol. The SMILES string of the molecule is Cc1nc(-c2ccc(Cl)cc2)c(-c2ccc(Cl)cc2Cl)cc1CNS(=O)(=O)c1ccc(C(F)(F)F)cc1. The molecule has 3 aromatic carbocycles. The van der Waals surface area contributed by atoms with E-state index < -0.39 is 21.8 Å². The molecule has 0 bridgehead atoms. The Kier molecular flexibility index (Phi) is 7.88. The number of aryl methyl sites for hydroxylation is 1. The number of benzene rings is 3. The molecule has 11 heteroatoms. The van der Waals surface area contributed by atoms with Crippen molar-refractivity contribution >= 4 is 44.8 Å². The number of pyridine rings is 1. The zero-order chi connectivity index (χ0) is 27.0. The molecule has 0 atom stereocenters. The summed E-state index contributed by atoms with van der Waals surface area (Å²) in [7, 11) is -4.10. The number of alkyl halides is 3. The lowest BCUT2D eigenvalue weighted by molar-refractivity contribution is -0.137. The van der Waals surface area contributed by atoms with Gasteiger partial charge < -0.3 is 0 Å². The molecule has 4 nitrogen and oxygen atoms in total. The molecule has 1 heterocycles. The summed E-state index contributed by atoms with van der Waals surface area (Å²) in [6.07, 6.45) is -4.57. The molecule has 0 aliphatic carbocycles. The van der Waals surface area contributed by atoms with Crippen molar-refractivity contribution in [3.8, 4) is 22.4 Å². The second kappa shape index (κ2) is 10.6. The van der Waals surface area contributed by atoms with Crippen LogP contribution in [0.2, 0.25) is 15.1 Å². The Morgan fingerprint density at radius 3 is 2.05 bits per heavy atom. The summed E-state index contributed by atoms with van der Waals surface area (Å²) in [5.41, 5.74) is 2.81. The van der Waals surface area contributed by atoms with Crippen LogP contribution in [0.4, 0.5) is 13.2 Å². The van der Waals surface area contributed by atoms with E-state index in [4.69, 9.17) is 39.8 Å². The molecule has 37 heavy (non-hydrogen) atoms. The first kappa shape index (κ1) is 27.4. The highest BCUT2D eigenvalue weighted by Crippen LogP contribution is 2.38. The Balaban J connectivity index is 1.72. The van der Waals surface area contributed by atoms with Crippen molar-refractivity contribution in [2.24, 2.45) is 0 Å². The van der Waals surface area contributed by atoms with Gasteiger partial charge in [-0.2, -0.15) is 13.2 Å². The molecule has 0 aliphatic heterocycles. The molecule has 0 amide bonds. The lowest BCUT2D eigenvalue weighted by Crippen LogP contribution is -2.24. The number of hydrogen-bond acceptors (Lipinski definition) is 3. The van der Waals surface area contributed by atoms with Gasteiger partial charge in [0, 0.05) is 44.0 Å². The average Bonchev–Trinajstić information content (AvgIpc) is 2.83. The van der Waals surface area contributed by atoms with E-state index in [1.807, 2.05) is 12.1 Å². The second-order valence-corrected chi connectivity index (χ2v) is 11.2. The third-order valence-corrected chi connectivity index (χ3v) is 7.82. The Morgan fingerprint density at radius 2 is 1.46 bits per heavy atom. The topological polar surface area (TPSA) is 59.1 Å². The zero-order valence-electron chi connectivity index (χ0n) is 19.1. The Hall–Kier alpha value is -2.62. The lowest BCUT2D eigenvalue weighted by Gasteiger charge is -2.16. The van der Waals surface area contributed by atoms with E-state index in [-0.39, 0.29) is 11.4 Å². The number of halogens is 6. The molecule has 1 aromatic heterocycles. The van der Waals surface area contributed by atoms with Crippen LogP contribution in [-0.4, -0.2) is 13.4 Å². The maximum Gasteiger partial charge on any atom is 0.416 e. The van der Waals surface area contributed by atoms with Crippen LogP contribution in [0.1, 0.15) is 16.8 Å². The summed E-state index contributed by atoms with van der Waals surface area (Å²) >= 11 is 18.6. The number of rotatable bonds is 6. The molecule has 0 unspecified atom stereocenters. The molecule has 0 saturated heterocycles. The highest BCUT2D eigenvalue weighted by Gasteiger charge is 2.30. The van der Waals surface area contributed by atoms with Crippen LogP contribution < -0.4 is 4.72 Å². The summed E-state index contributed by atoms with van der Waals surface area (Å²) in [6, 6.07) is 17.2. The number of nitrogens with zero attached hydrogens (tertiary/aromatic N) is 1. The van der Waals surface area contributed by atoms with E-state index in [1.54, 1.807) is 43.3 Å². The van der Waals surface area contributed by atoms with Crippen LogP contribution in [0.25, 0.3) is 22.4 Å². The van der Waals surface area contributed by atoms with Crippen LogP contribution in [0.5, 0.6) is 0 Å². The van der Waals surface area contributed by atoms with Crippen LogP contribution >= 0.6 is 34.8 Å². The lowest BCUT2D eigenvalue weighted by atomic mass is 9.96. The highest BCUT2D eigenvalue weighted by atomic mass is 35.5. The average molecular weight is 586 g/mol. The molecule has 1 N–H and O–H groups in total. The van der Waals surface area contributed by atoms with Crippen molar-refractivity contribution in [3.05, 3.63) is 105 Å². The molecule has 0 saturated carbocycles. The van der Waals surface area contributed by atoms with Crippen LogP contribution in [0.3, 0.4) is 0 Å². The predicted octanol–water partition coefficient (Wildman–Crippen LogP) is 8.18. The maximum atomic E-state index is 12.8. The molecule has 0 radical (unpaired) electrons. The normalized spacial score (nSPS) is 12.1. The Bertz CT molecular complexity index is 1560. The van der Waals surface area contributed by atoms with E-state index in [0.717, 1.165) is 29.8 Å². The number of aromatic nitrogens is 1. The second-order valence-electron chi connectivity index (χ2n) is 8.11. The van der Waals surface area contributed by atoms with Crippen LogP contribution in [0, 0.1) is 6.92 Å². The van der Waals surface area contributed by atoms with E-state index in [9.17, 15) is 21.6 Å². The first-order valence-corrected chi connectivity index (χ1v) is 13.4. The number of sulfonamides is 1. The van der Waals surface area contributed by atoms with E-state index in [2.05, 4.69) is 4.72 Å². The quantitative estimate of drug-likeness (QED) is 0.248. The van der Waals surface area contributed by atoms with Gasteiger partial charge >= 0.3 is 6.18 Å². The summed E-state index contributed by atoms with van der Waals surface area (Å²) in [6.45, 7) is 1.58. The van der Waals surface area contributed by atoms with Crippen LogP contribution in [-0.2, 0) is 22.7 Å². The summed E-state index contributed by atoms with van der Waals surface area (Å²) < 4.78 is 66.5. The molecule has 4 rings (SSSR count). The van der Waals surface area contributed by atoms with Gasteiger partial charge in [0.15, 0.2) is 0 Å². The smallest absolute Gasteiger partial charge is 0.252 e. The highest BCUT2D eigenvalue weighted by molar-refractivity contribution is 7.89. The minimum absolute atomic E-state index is 0.151. The van der Waals surface area contributed by atoms with Gasteiger partial charge in [0.05, 0.1) is 16.2 Å². The van der Waals surface area contributed by atoms with E-state index in [0.29, 0.717) is 43.1 Å². The Labute approximate surface area is 227 Å². The summed E-state index contributed by atoms with van der Waals surface area (Å²) in [4.78, 5) is 4.44. The van der Waals surface area contributed by atoms with Gasteiger partial charge in [-0.05, 0) is 67.1 Å². The fraction of sp³-hybridized carbons (Fsp3) is 0.115. The summed E-state index contributed by atoms with van der Waals surface area (Å²) in [5, 5.41) is 1.39. The minimum atomic E-state index is -4.57. The number of hydrogen-bond donors (Lipinski definition) is 1. The van der Waals surface area contributed by atoms with E-state index >= 15 is 0 Å². The van der Waals surface area contributed by atoms with Gasteiger partial charge in [-0.3, -0.25) is 4.98 Å². The van der Waals surface area contributed by atoms with Crippen molar-refractivity contribution in [1.29, 1.82) is 0 Å². The standard InChI is InChI=1S/C26H18Cl3F3N2O2S/c1-15-17(14-33-37(35,36)21-9-4-18(5-10-21)26(30,31)32)12-23(22-11-8-20(28)13-24(22)29)25(34-15)16-2-6-19(27)7-3-16/h2-13,33H,14H2,1H3. The summed E-state index contributed by atoms with van der Waals surface area (Å²) in [5.74, 6) is 0. The fourth-order valence-electron chi connectivity index (χ4n) is 3.65. The molecule has 0 spiro atoms. The van der Waals surface area contributed by atoms with Gasteiger partial charge in [-0.15, -0.1) is 0 Å². The van der Waals surface area contributed by atoms with Crippen molar-refractivity contribution < 1.29 is 21.6 Å². The first-order chi connectivity index (χ1) is 17.3. The van der Waals surface area contributed by atoms with Crippen molar-refractivity contribution in [2.45, 2.75) is 24.5 Å². The third kappa shape index (κ3) is 6.27. The minimum Gasteiger partial charge on any atom is -0.252 e. The van der Waals surface area contributed by atoms with Gasteiger partial charge in [0.1, 0.15) is 0 Å². The largest absolute Gasteiger partial charge is 0.416 e. The van der Waals surface area contributed by atoms with Crippen molar-refractivity contribution in [2.75, 3.05) is 0 Å². The first-order valence-electron chi connectivity index (χ1n) is 10.7. The monoisotopic (exact) mass is 584 g/mol. The number of nitrogens with one attached hydrogen (secondary N) is 1. The molecule has 192 valence electrons. The molecule has 4 aromatic rings. The molecule has 0 aliphatic rings. The van der Waals surface area contributed by atoms with E-state index in [1.165, 1.54) is 0 Å². The van der Waals surface area contributed by atoms with Crippen LogP contribution in [0.15, 0.2) is 77.7 Å². The maximum absolute atomic E-state index is 12.8. The van der Waals surface area contributed by atoms with Gasteiger partial charge in [-0.1, -0.05) is 53.0 Å². The van der Waals surface area contributed by atoms with Crippen molar-refractivity contribution in [1.82, 2.24) is 9.71 Å². The third-order valence-electron chi connectivity index (χ3n) is 5.60. The zero-order valence-corrected chi connectivity index (χ0v) is 22.2. The Morgan fingerprint density at radius 1 is 0.838 bits per heavy atom. The van der Waals surface area contributed by atoms with Gasteiger partial charge in [0.25, 0.3) is 0 Å². The fourth-order valence-corrected chi connectivity index (χ4v) is 5.29. The molecular formula is C26H18Cl3F3N2O2S. The van der Waals surface area contributed by atoms with Crippen molar-refractivity contribution in [3.63, 3.8) is 0 Å². The molecule has 0 fully saturated rings. The van der Waals surface area contributed by atoms with Gasteiger partial charge in [0.2, 0.25) is 10.0 Å². The van der Waals surface area contributed by atoms with Gasteiger partial charge in [-0.25, -0.2) is 13.1 Å². The molecular weight excluding hydrogens is 568 g/mol.